The number of aromatic nitrogens is 2. The lowest BCUT2D eigenvalue weighted by molar-refractivity contribution is 0.301. The Labute approximate surface area is 129 Å². The minimum atomic E-state index is 0.538. The molecule has 0 aliphatic carbocycles. The topological polar surface area (TPSA) is 56.3 Å². The van der Waals surface area contributed by atoms with Crippen molar-refractivity contribution in [1.29, 1.82) is 0 Å². The van der Waals surface area contributed by atoms with E-state index < -0.39 is 0 Å². The van der Waals surface area contributed by atoms with Crippen molar-refractivity contribution < 1.29 is 9.47 Å². The fourth-order valence-electron chi connectivity index (χ4n) is 1.68. The zero-order valence-electron chi connectivity index (χ0n) is 12.5. The minimum Gasteiger partial charge on any atom is -0.490 e. The molecule has 1 aromatic carbocycles. The summed E-state index contributed by atoms with van der Waals surface area (Å²) in [5, 5.41) is 12.9. The zero-order valence-corrected chi connectivity index (χ0v) is 13.3. The fraction of sp³-hybridized carbons (Fsp3) is 0.467. The molecule has 0 fully saturated rings. The standard InChI is InChI=1S/C15H21N3O2S/c1-3-9-16-11-14-17-18-15(21-14)20-13-8-6-5-7-12(13)19-10-4-2/h5-8,16H,3-4,9-11H2,1-2H3. The van der Waals surface area contributed by atoms with Crippen LogP contribution < -0.4 is 14.8 Å². The van der Waals surface area contributed by atoms with Gasteiger partial charge in [-0.1, -0.05) is 42.4 Å². The first-order chi connectivity index (χ1) is 10.3. The maximum absolute atomic E-state index is 5.79. The van der Waals surface area contributed by atoms with E-state index in [0.29, 0.717) is 17.6 Å². The minimum absolute atomic E-state index is 0.538. The van der Waals surface area contributed by atoms with Gasteiger partial charge in [0, 0.05) is 6.54 Å². The quantitative estimate of drug-likeness (QED) is 0.717. The van der Waals surface area contributed by atoms with Gasteiger partial charge in [-0.25, -0.2) is 0 Å². The molecule has 2 aromatic rings. The average Bonchev–Trinajstić information content (AvgIpc) is 2.94. The molecule has 0 saturated carbocycles. The molecule has 2 rings (SSSR count). The highest BCUT2D eigenvalue weighted by Crippen LogP contribution is 2.32. The third-order valence-electron chi connectivity index (χ3n) is 2.66. The molecule has 1 N–H and O–H groups in total. The Bertz CT molecular complexity index is 545. The van der Waals surface area contributed by atoms with Gasteiger partial charge in [-0.05, 0) is 31.5 Å². The van der Waals surface area contributed by atoms with E-state index in [4.69, 9.17) is 9.47 Å². The molecule has 21 heavy (non-hydrogen) atoms. The van der Waals surface area contributed by atoms with Crippen molar-refractivity contribution in [3.8, 4) is 16.7 Å². The smallest absolute Gasteiger partial charge is 0.299 e. The monoisotopic (exact) mass is 307 g/mol. The number of para-hydroxylation sites is 2. The molecule has 0 aliphatic rings. The van der Waals surface area contributed by atoms with E-state index >= 15 is 0 Å². The van der Waals surface area contributed by atoms with E-state index in [0.717, 1.165) is 36.7 Å². The molecule has 0 amide bonds. The second kappa shape index (κ2) is 8.59. The number of hydrogen-bond acceptors (Lipinski definition) is 6. The first kappa shape index (κ1) is 15.7. The van der Waals surface area contributed by atoms with Gasteiger partial charge in [0.1, 0.15) is 5.01 Å². The molecule has 0 aliphatic heterocycles. The van der Waals surface area contributed by atoms with Crippen molar-refractivity contribution in [1.82, 2.24) is 15.5 Å². The lowest BCUT2D eigenvalue weighted by atomic mass is 10.3. The number of nitrogens with one attached hydrogen (secondary N) is 1. The summed E-state index contributed by atoms with van der Waals surface area (Å²) in [5.41, 5.74) is 0. The lowest BCUT2D eigenvalue weighted by Crippen LogP contribution is -2.13. The molecule has 5 nitrogen and oxygen atoms in total. The van der Waals surface area contributed by atoms with E-state index in [-0.39, 0.29) is 0 Å². The van der Waals surface area contributed by atoms with Gasteiger partial charge in [-0.15, -0.1) is 5.10 Å². The Kier molecular flexibility index (Phi) is 6.43. The van der Waals surface area contributed by atoms with Crippen LogP contribution in [0, 0.1) is 0 Å². The number of benzene rings is 1. The summed E-state index contributed by atoms with van der Waals surface area (Å²) >= 11 is 1.45. The van der Waals surface area contributed by atoms with Crippen LogP contribution in [-0.2, 0) is 6.54 Å². The SMILES string of the molecule is CCCNCc1nnc(Oc2ccccc2OCCC)s1. The van der Waals surface area contributed by atoms with Crippen molar-refractivity contribution in [2.45, 2.75) is 33.2 Å². The molecule has 0 unspecified atom stereocenters. The Morgan fingerprint density at radius 2 is 1.90 bits per heavy atom. The number of rotatable bonds is 9. The Hall–Kier alpha value is -1.66. The van der Waals surface area contributed by atoms with Crippen LogP contribution in [0.2, 0.25) is 0 Å². The molecule has 114 valence electrons. The maximum atomic E-state index is 5.79. The third kappa shape index (κ3) is 4.99. The number of ether oxygens (including phenoxy) is 2. The summed E-state index contributed by atoms with van der Waals surface area (Å²) in [4.78, 5) is 0. The van der Waals surface area contributed by atoms with Crippen LogP contribution in [0.25, 0.3) is 0 Å². The molecule has 0 atom stereocenters. The summed E-state index contributed by atoms with van der Waals surface area (Å²) in [6, 6.07) is 7.62. The van der Waals surface area contributed by atoms with Gasteiger partial charge in [-0.2, -0.15) is 0 Å². The normalized spacial score (nSPS) is 10.6. The maximum Gasteiger partial charge on any atom is 0.299 e. The summed E-state index contributed by atoms with van der Waals surface area (Å²) in [6.07, 6.45) is 2.06. The van der Waals surface area contributed by atoms with E-state index in [1.54, 1.807) is 0 Å². The van der Waals surface area contributed by atoms with Gasteiger partial charge in [-0.3, -0.25) is 0 Å². The van der Waals surface area contributed by atoms with Crippen LogP contribution in [0.15, 0.2) is 24.3 Å². The second-order valence-electron chi connectivity index (χ2n) is 4.54. The zero-order chi connectivity index (χ0) is 14.9. The van der Waals surface area contributed by atoms with E-state index in [1.165, 1.54) is 11.3 Å². The van der Waals surface area contributed by atoms with Crippen LogP contribution in [0.4, 0.5) is 0 Å². The molecule has 0 saturated heterocycles. The summed E-state index contributed by atoms with van der Waals surface area (Å²) in [6.45, 7) is 6.58. The summed E-state index contributed by atoms with van der Waals surface area (Å²) in [7, 11) is 0. The number of hydrogen-bond donors (Lipinski definition) is 1. The van der Waals surface area contributed by atoms with Crippen molar-refractivity contribution in [3.05, 3.63) is 29.3 Å². The summed E-state index contributed by atoms with van der Waals surface area (Å²) in [5.74, 6) is 1.41. The predicted molar refractivity (Wildman–Crippen MR) is 84.2 cm³/mol. The van der Waals surface area contributed by atoms with E-state index in [1.807, 2.05) is 24.3 Å². The van der Waals surface area contributed by atoms with Gasteiger partial charge >= 0.3 is 0 Å². The Morgan fingerprint density at radius 3 is 2.67 bits per heavy atom. The van der Waals surface area contributed by atoms with Gasteiger partial charge in [0.15, 0.2) is 11.5 Å². The first-order valence-corrected chi connectivity index (χ1v) is 8.08. The molecule has 6 heteroatoms. The van der Waals surface area contributed by atoms with Crippen LogP contribution >= 0.6 is 11.3 Å². The van der Waals surface area contributed by atoms with Crippen molar-refractivity contribution in [2.24, 2.45) is 0 Å². The van der Waals surface area contributed by atoms with Crippen molar-refractivity contribution in [2.75, 3.05) is 13.2 Å². The predicted octanol–water partition coefficient (Wildman–Crippen LogP) is 3.62. The fourth-order valence-corrected chi connectivity index (χ4v) is 2.35. The molecule has 1 aromatic heterocycles. The van der Waals surface area contributed by atoms with Crippen LogP contribution in [0.1, 0.15) is 31.7 Å². The third-order valence-corrected chi connectivity index (χ3v) is 3.46. The molecular weight excluding hydrogens is 286 g/mol. The largest absolute Gasteiger partial charge is 0.490 e. The number of nitrogens with zero attached hydrogens (tertiary/aromatic N) is 2. The highest BCUT2D eigenvalue weighted by Gasteiger charge is 2.10. The van der Waals surface area contributed by atoms with Gasteiger partial charge in [0.05, 0.1) is 6.61 Å². The lowest BCUT2D eigenvalue weighted by Gasteiger charge is -2.09. The van der Waals surface area contributed by atoms with Crippen molar-refractivity contribution >= 4 is 11.3 Å². The van der Waals surface area contributed by atoms with Crippen LogP contribution in [-0.4, -0.2) is 23.3 Å². The molecule has 0 bridgehead atoms. The van der Waals surface area contributed by atoms with Crippen molar-refractivity contribution in [3.63, 3.8) is 0 Å². The van der Waals surface area contributed by atoms with Gasteiger partial charge in [0.2, 0.25) is 0 Å². The molecular formula is C15H21N3O2S. The van der Waals surface area contributed by atoms with Crippen LogP contribution in [0.5, 0.6) is 16.7 Å². The van der Waals surface area contributed by atoms with E-state index in [9.17, 15) is 0 Å². The second-order valence-corrected chi connectivity index (χ2v) is 5.56. The first-order valence-electron chi connectivity index (χ1n) is 7.26. The van der Waals surface area contributed by atoms with E-state index in [2.05, 4.69) is 29.4 Å². The molecule has 1 heterocycles. The average molecular weight is 307 g/mol. The van der Waals surface area contributed by atoms with Gasteiger partial charge < -0.3 is 14.8 Å². The highest BCUT2D eigenvalue weighted by molar-refractivity contribution is 7.13. The summed E-state index contributed by atoms with van der Waals surface area (Å²) < 4.78 is 11.4. The molecule has 0 radical (unpaired) electrons. The molecule has 0 spiro atoms. The highest BCUT2D eigenvalue weighted by atomic mass is 32.1. The Balaban J connectivity index is 1.98. The van der Waals surface area contributed by atoms with Crippen LogP contribution in [0.3, 0.4) is 0 Å². The Morgan fingerprint density at radius 1 is 1.10 bits per heavy atom. The van der Waals surface area contributed by atoms with Gasteiger partial charge in [0.25, 0.3) is 5.19 Å².